The van der Waals surface area contributed by atoms with Gasteiger partial charge in [-0.05, 0) is 118 Å². The first-order valence-electron chi connectivity index (χ1n) is 21.2. The lowest BCUT2D eigenvalue weighted by atomic mass is 9.92. The summed E-state index contributed by atoms with van der Waals surface area (Å²) in [5, 5.41) is 15.8. The molecule has 1 aromatic heterocycles. The molecule has 308 valence electrons. The third-order valence-corrected chi connectivity index (χ3v) is 12.9. The predicted octanol–water partition coefficient (Wildman–Crippen LogP) is 4.67. The van der Waals surface area contributed by atoms with Gasteiger partial charge in [0.2, 0.25) is 11.8 Å². The van der Waals surface area contributed by atoms with E-state index in [1.165, 1.54) is 0 Å². The molecular weight excluding hydrogens is 761 g/mol. The molecule has 5 aliphatic rings. The Balaban J connectivity index is 0.701. The zero-order valence-corrected chi connectivity index (χ0v) is 33.5. The molecule has 1 atom stereocenters. The van der Waals surface area contributed by atoms with Crippen molar-refractivity contribution in [1.82, 2.24) is 25.4 Å². The Bertz CT molecular complexity index is 2370. The van der Waals surface area contributed by atoms with Crippen molar-refractivity contribution in [2.24, 2.45) is 5.92 Å². The molecule has 9 rings (SSSR count). The Morgan fingerprint density at radius 2 is 1.52 bits per heavy atom. The van der Waals surface area contributed by atoms with Gasteiger partial charge in [0, 0.05) is 86.8 Å². The summed E-state index contributed by atoms with van der Waals surface area (Å²) in [6.45, 7) is 6.39. The van der Waals surface area contributed by atoms with Gasteiger partial charge in [-0.1, -0.05) is 0 Å². The van der Waals surface area contributed by atoms with Crippen LogP contribution in [0.15, 0.2) is 72.9 Å². The van der Waals surface area contributed by atoms with Gasteiger partial charge in [-0.25, -0.2) is 0 Å². The van der Waals surface area contributed by atoms with Crippen LogP contribution >= 0.6 is 0 Å². The molecule has 14 nitrogen and oxygen atoms in total. The Morgan fingerprint density at radius 1 is 0.800 bits per heavy atom. The van der Waals surface area contributed by atoms with Gasteiger partial charge in [0.15, 0.2) is 0 Å². The van der Waals surface area contributed by atoms with Crippen molar-refractivity contribution in [2.45, 2.75) is 69.6 Å². The van der Waals surface area contributed by atoms with Gasteiger partial charge in [-0.3, -0.25) is 44.1 Å². The number of nitrogens with one attached hydrogen (secondary N) is 2. The summed E-state index contributed by atoms with van der Waals surface area (Å²) in [6, 6.07) is 22.0. The maximum Gasteiger partial charge on any atom is 0.262 e. The fourth-order valence-corrected chi connectivity index (χ4v) is 9.52. The minimum Gasteiger partial charge on any atom is -0.490 e. The Morgan fingerprint density at radius 3 is 2.25 bits per heavy atom. The number of amides is 5. The molecule has 3 saturated heterocycles. The second-order valence-corrected chi connectivity index (χ2v) is 16.6. The number of piperazine rings is 1. The standard InChI is InChI=1S/C46H48N8O6/c47-27-31-5-15-40(37-2-1-19-48-42(31)37)60-35-11-6-32(7-12-35)49-43(56)30-3-8-33(9-4-30)52-20-17-29(18-21-52)28-51-22-24-53(25-23-51)34-10-13-36-38(26-34)46(59)54(45(36)58)39-14-16-41(55)50-44(39)57/h1-5,8-10,13,15,19,26,29,32,35,39H,6-7,11-12,14,16-18,20-25,28H2,(H,49,56)(H,50,55,57). The van der Waals surface area contributed by atoms with E-state index in [-0.39, 0.29) is 30.9 Å². The number of hydrogen-bond acceptors (Lipinski definition) is 11. The third-order valence-electron chi connectivity index (χ3n) is 12.9. The van der Waals surface area contributed by atoms with Gasteiger partial charge in [0.25, 0.3) is 17.7 Å². The number of aromatic nitrogens is 1. The molecule has 5 amide bonds. The molecule has 14 heteroatoms. The number of fused-ring (bicyclic) bond motifs is 2. The number of nitrogens with zero attached hydrogens (tertiary/aromatic N) is 6. The number of ether oxygens (including phenoxy) is 1. The van der Waals surface area contributed by atoms with E-state index in [9.17, 15) is 29.2 Å². The second kappa shape index (κ2) is 16.7. The van der Waals surface area contributed by atoms with Crippen LogP contribution in [0.2, 0.25) is 0 Å². The van der Waals surface area contributed by atoms with E-state index in [1.807, 2.05) is 36.4 Å². The number of nitriles is 1. The van der Waals surface area contributed by atoms with Crippen molar-refractivity contribution < 1.29 is 28.7 Å². The lowest BCUT2D eigenvalue weighted by Gasteiger charge is -2.40. The molecule has 4 aliphatic heterocycles. The number of hydrogen-bond donors (Lipinski definition) is 2. The molecule has 2 N–H and O–H groups in total. The van der Waals surface area contributed by atoms with E-state index in [0.717, 1.165) is 112 Å². The summed E-state index contributed by atoms with van der Waals surface area (Å²) in [7, 11) is 0. The highest BCUT2D eigenvalue weighted by Gasteiger charge is 2.45. The maximum absolute atomic E-state index is 13.3. The molecule has 0 radical (unpaired) electrons. The molecule has 1 saturated carbocycles. The van der Waals surface area contributed by atoms with Crippen LogP contribution in [0.1, 0.15) is 88.0 Å². The summed E-state index contributed by atoms with van der Waals surface area (Å²) in [5.41, 5.74) is 4.48. The first kappa shape index (κ1) is 39.1. The summed E-state index contributed by atoms with van der Waals surface area (Å²) in [4.78, 5) is 76.3. The second-order valence-electron chi connectivity index (χ2n) is 16.6. The molecule has 3 aromatic carbocycles. The van der Waals surface area contributed by atoms with Crippen molar-refractivity contribution in [3.8, 4) is 11.8 Å². The van der Waals surface area contributed by atoms with Crippen LogP contribution in [0.4, 0.5) is 11.4 Å². The number of carbonyl (C=O) groups excluding carboxylic acids is 5. The van der Waals surface area contributed by atoms with Crippen LogP contribution in [-0.2, 0) is 9.59 Å². The van der Waals surface area contributed by atoms with Crippen LogP contribution in [0.5, 0.6) is 5.75 Å². The first-order valence-corrected chi connectivity index (χ1v) is 21.2. The normalized spacial score (nSPS) is 22.7. The van der Waals surface area contributed by atoms with Crippen molar-refractivity contribution in [3.63, 3.8) is 0 Å². The van der Waals surface area contributed by atoms with E-state index >= 15 is 0 Å². The van der Waals surface area contributed by atoms with Crippen LogP contribution in [0.3, 0.4) is 0 Å². The summed E-state index contributed by atoms with van der Waals surface area (Å²) in [6.07, 6.45) is 7.47. The number of imide groups is 2. The SMILES string of the molecule is N#Cc1ccc(OC2CCC(NC(=O)c3ccc(N4CCC(CN5CCN(c6ccc7c(c6)C(=O)N(C6CCC(=O)NC6=O)C7=O)CC5)CC4)cc3)CC2)c2cccnc12. The molecule has 5 heterocycles. The number of anilines is 2. The molecular formula is C46H48N8O6. The largest absolute Gasteiger partial charge is 0.490 e. The first-order chi connectivity index (χ1) is 29.2. The summed E-state index contributed by atoms with van der Waals surface area (Å²) >= 11 is 0. The predicted molar refractivity (Wildman–Crippen MR) is 224 cm³/mol. The zero-order chi connectivity index (χ0) is 41.3. The fourth-order valence-electron chi connectivity index (χ4n) is 9.52. The number of piperidine rings is 2. The Kier molecular flexibility index (Phi) is 10.9. The maximum atomic E-state index is 13.3. The average Bonchev–Trinajstić information content (AvgIpc) is 3.52. The Hall–Kier alpha value is -6.33. The van der Waals surface area contributed by atoms with E-state index in [1.54, 1.807) is 24.4 Å². The summed E-state index contributed by atoms with van der Waals surface area (Å²) < 4.78 is 6.37. The quantitative estimate of drug-likeness (QED) is 0.226. The molecule has 0 bridgehead atoms. The van der Waals surface area contributed by atoms with Crippen molar-refractivity contribution in [3.05, 3.63) is 95.2 Å². The van der Waals surface area contributed by atoms with Crippen LogP contribution in [0.25, 0.3) is 10.9 Å². The van der Waals surface area contributed by atoms with E-state index in [0.29, 0.717) is 33.7 Å². The molecule has 1 unspecified atom stereocenters. The van der Waals surface area contributed by atoms with Gasteiger partial charge in [0.1, 0.15) is 17.9 Å². The number of pyridine rings is 1. The number of rotatable bonds is 9. The van der Waals surface area contributed by atoms with E-state index in [2.05, 4.69) is 48.5 Å². The van der Waals surface area contributed by atoms with E-state index < -0.39 is 29.7 Å². The highest BCUT2D eigenvalue weighted by atomic mass is 16.5. The molecule has 4 fully saturated rings. The molecule has 1 aliphatic carbocycles. The summed E-state index contributed by atoms with van der Waals surface area (Å²) in [5.74, 6) is -0.680. The lowest BCUT2D eigenvalue weighted by Crippen LogP contribution is -2.54. The van der Waals surface area contributed by atoms with Crippen molar-refractivity contribution in [1.29, 1.82) is 5.26 Å². The van der Waals surface area contributed by atoms with Gasteiger partial charge in [-0.2, -0.15) is 5.26 Å². The zero-order valence-electron chi connectivity index (χ0n) is 33.5. The van der Waals surface area contributed by atoms with Crippen LogP contribution in [-0.4, -0.2) is 108 Å². The third kappa shape index (κ3) is 7.89. The van der Waals surface area contributed by atoms with Gasteiger partial charge in [0.05, 0.1) is 28.3 Å². The van der Waals surface area contributed by atoms with Gasteiger partial charge in [-0.15, -0.1) is 0 Å². The molecule has 4 aromatic rings. The highest BCUT2D eigenvalue weighted by Crippen LogP contribution is 2.33. The van der Waals surface area contributed by atoms with E-state index in [4.69, 9.17) is 4.74 Å². The fraction of sp³-hybridized carbons (Fsp3) is 0.413. The topological polar surface area (TPSA) is 168 Å². The molecule has 0 spiro atoms. The van der Waals surface area contributed by atoms with Gasteiger partial charge < -0.3 is 19.9 Å². The lowest BCUT2D eigenvalue weighted by molar-refractivity contribution is -0.136. The Labute approximate surface area is 348 Å². The van der Waals surface area contributed by atoms with Crippen LogP contribution < -0.4 is 25.2 Å². The number of benzene rings is 3. The average molecular weight is 809 g/mol. The van der Waals surface area contributed by atoms with Crippen molar-refractivity contribution >= 4 is 51.8 Å². The minimum absolute atomic E-state index is 0.0392. The monoisotopic (exact) mass is 808 g/mol. The number of carbonyl (C=O) groups is 5. The smallest absolute Gasteiger partial charge is 0.262 e. The van der Waals surface area contributed by atoms with Crippen molar-refractivity contribution in [2.75, 3.05) is 55.6 Å². The molecule has 60 heavy (non-hydrogen) atoms. The van der Waals surface area contributed by atoms with Crippen LogP contribution in [0, 0.1) is 17.2 Å². The van der Waals surface area contributed by atoms with Gasteiger partial charge >= 0.3 is 0 Å². The minimum atomic E-state index is -0.971. The highest BCUT2D eigenvalue weighted by molar-refractivity contribution is 6.23.